The molecule has 0 fully saturated rings. The number of hydrogen-bond acceptors (Lipinski definition) is 2. The lowest BCUT2D eigenvalue weighted by atomic mass is 10.4. The fourth-order valence-electron chi connectivity index (χ4n) is 0.510. The summed E-state index contributed by atoms with van der Waals surface area (Å²) in [5, 5.41) is 0. The molecule has 0 saturated heterocycles. The summed E-state index contributed by atoms with van der Waals surface area (Å²) in [6.45, 7) is 5.64. The Morgan fingerprint density at radius 1 is 1.88 bits per heavy atom. The third-order valence-electron chi connectivity index (χ3n) is 0.975. The highest BCUT2D eigenvalue weighted by Gasteiger charge is 1.91. The van der Waals surface area contributed by atoms with E-state index >= 15 is 0 Å². The predicted octanol–water partition coefficient (Wildman–Crippen LogP) is 2.09. The molecule has 0 bridgehead atoms. The van der Waals surface area contributed by atoms with Gasteiger partial charge in [-0.15, -0.1) is 11.3 Å². The number of nitrogens with zero attached hydrogens (tertiary/aromatic N) is 1. The average molecular weight is 125 g/mol. The monoisotopic (exact) mass is 125 g/mol. The first-order valence-electron chi connectivity index (χ1n) is 2.37. The van der Waals surface area contributed by atoms with Crippen molar-refractivity contribution in [3.05, 3.63) is 22.7 Å². The highest BCUT2D eigenvalue weighted by atomic mass is 32.1. The number of thiazole rings is 1. The fraction of sp³-hybridized carbons (Fsp3) is 0.167. The van der Waals surface area contributed by atoms with Gasteiger partial charge in [-0.3, -0.25) is 0 Å². The van der Waals surface area contributed by atoms with Crippen molar-refractivity contribution in [1.82, 2.24) is 4.98 Å². The Kier molecular flexibility index (Phi) is 1.44. The van der Waals surface area contributed by atoms with Crippen LogP contribution >= 0.6 is 11.3 Å². The summed E-state index contributed by atoms with van der Waals surface area (Å²) >= 11 is 1.65. The molecule has 0 aliphatic heterocycles. The van der Waals surface area contributed by atoms with Crippen LogP contribution in [0.3, 0.4) is 0 Å². The number of aryl methyl sites for hydroxylation is 1. The van der Waals surface area contributed by atoms with E-state index in [1.165, 1.54) is 4.88 Å². The molecule has 2 heteroatoms. The highest BCUT2D eigenvalue weighted by molar-refractivity contribution is 7.09. The van der Waals surface area contributed by atoms with E-state index in [0.717, 1.165) is 5.69 Å². The second kappa shape index (κ2) is 2.09. The summed E-state index contributed by atoms with van der Waals surface area (Å²) in [7, 11) is 0. The van der Waals surface area contributed by atoms with E-state index in [0.29, 0.717) is 0 Å². The molecule has 0 radical (unpaired) electrons. The largest absolute Gasteiger partial charge is 0.245 e. The van der Waals surface area contributed by atoms with Crippen LogP contribution in [0, 0.1) is 6.92 Å². The van der Waals surface area contributed by atoms with Crippen LogP contribution in [-0.4, -0.2) is 4.98 Å². The van der Waals surface area contributed by atoms with Gasteiger partial charge in [-0.2, -0.15) is 0 Å². The van der Waals surface area contributed by atoms with Gasteiger partial charge in [0.25, 0.3) is 0 Å². The third kappa shape index (κ3) is 0.793. The van der Waals surface area contributed by atoms with Crippen LogP contribution in [0.1, 0.15) is 10.6 Å². The minimum atomic E-state index is 1.01. The van der Waals surface area contributed by atoms with Gasteiger partial charge < -0.3 is 0 Å². The fourth-order valence-corrected chi connectivity index (χ4v) is 1.09. The van der Waals surface area contributed by atoms with E-state index in [9.17, 15) is 0 Å². The van der Waals surface area contributed by atoms with E-state index in [-0.39, 0.29) is 0 Å². The van der Waals surface area contributed by atoms with Gasteiger partial charge in [0.2, 0.25) is 0 Å². The minimum absolute atomic E-state index is 1.01. The van der Waals surface area contributed by atoms with Gasteiger partial charge in [0.15, 0.2) is 0 Å². The molecule has 0 aromatic carbocycles. The van der Waals surface area contributed by atoms with E-state index in [1.807, 2.05) is 12.4 Å². The Labute approximate surface area is 52.7 Å². The van der Waals surface area contributed by atoms with Gasteiger partial charge >= 0.3 is 0 Å². The zero-order chi connectivity index (χ0) is 5.98. The van der Waals surface area contributed by atoms with Gasteiger partial charge in [-0.25, -0.2) is 4.98 Å². The van der Waals surface area contributed by atoms with Crippen molar-refractivity contribution in [2.45, 2.75) is 6.92 Å². The first-order valence-corrected chi connectivity index (χ1v) is 3.25. The topological polar surface area (TPSA) is 12.9 Å². The molecule has 1 aromatic rings. The maximum Gasteiger partial charge on any atom is 0.0801 e. The van der Waals surface area contributed by atoms with Crippen molar-refractivity contribution in [2.24, 2.45) is 0 Å². The van der Waals surface area contributed by atoms with Crippen molar-refractivity contribution in [3.63, 3.8) is 0 Å². The molecule has 0 atom stereocenters. The number of aromatic nitrogens is 1. The van der Waals surface area contributed by atoms with Crippen LogP contribution in [0.4, 0.5) is 0 Å². The molecule has 0 N–H and O–H groups in total. The summed E-state index contributed by atoms with van der Waals surface area (Å²) in [6.07, 6.45) is 1.77. The van der Waals surface area contributed by atoms with Gasteiger partial charge in [0.05, 0.1) is 11.2 Å². The molecule has 0 spiro atoms. The molecule has 1 rings (SSSR count). The Morgan fingerprint density at radius 2 is 2.62 bits per heavy atom. The zero-order valence-corrected chi connectivity index (χ0v) is 5.53. The van der Waals surface area contributed by atoms with E-state index < -0.39 is 0 Å². The normalized spacial score (nSPS) is 9.12. The minimum Gasteiger partial charge on any atom is -0.245 e. The average Bonchev–Trinajstić information content (AvgIpc) is 2.14. The third-order valence-corrected chi connectivity index (χ3v) is 1.75. The Bertz CT molecular complexity index is 190. The maximum atomic E-state index is 4.03. The summed E-state index contributed by atoms with van der Waals surface area (Å²) in [4.78, 5) is 5.27. The Balaban J connectivity index is 3.09. The van der Waals surface area contributed by atoms with Crippen LogP contribution in [0.25, 0.3) is 6.08 Å². The first-order chi connectivity index (χ1) is 3.84. The lowest BCUT2D eigenvalue weighted by molar-refractivity contribution is 1.35. The Morgan fingerprint density at radius 3 is 2.88 bits per heavy atom. The van der Waals surface area contributed by atoms with Crippen molar-refractivity contribution < 1.29 is 0 Å². The molecule has 1 nitrogen and oxygen atoms in total. The second-order valence-electron chi connectivity index (χ2n) is 1.50. The molecule has 1 heterocycles. The van der Waals surface area contributed by atoms with Crippen molar-refractivity contribution in [2.75, 3.05) is 0 Å². The zero-order valence-electron chi connectivity index (χ0n) is 4.72. The van der Waals surface area contributed by atoms with Gasteiger partial charge in [-0.05, 0) is 13.0 Å². The van der Waals surface area contributed by atoms with Crippen LogP contribution in [0.5, 0.6) is 0 Å². The van der Waals surface area contributed by atoms with Crippen molar-refractivity contribution in [1.29, 1.82) is 0 Å². The molecular formula is C6H7NS. The van der Waals surface area contributed by atoms with Crippen LogP contribution in [0.15, 0.2) is 12.1 Å². The summed E-state index contributed by atoms with van der Waals surface area (Å²) in [5.74, 6) is 0. The molecular weight excluding hydrogens is 118 g/mol. The summed E-state index contributed by atoms with van der Waals surface area (Å²) in [5.41, 5.74) is 2.84. The lowest BCUT2D eigenvalue weighted by Crippen LogP contribution is -1.69. The predicted molar refractivity (Wildman–Crippen MR) is 36.9 cm³/mol. The molecule has 0 unspecified atom stereocenters. The van der Waals surface area contributed by atoms with Crippen LogP contribution < -0.4 is 0 Å². The van der Waals surface area contributed by atoms with E-state index in [2.05, 4.69) is 11.6 Å². The smallest absolute Gasteiger partial charge is 0.0801 e. The van der Waals surface area contributed by atoms with E-state index in [1.54, 1.807) is 17.4 Å². The van der Waals surface area contributed by atoms with Gasteiger partial charge in [-0.1, -0.05) is 6.58 Å². The van der Waals surface area contributed by atoms with Crippen LogP contribution in [-0.2, 0) is 0 Å². The summed E-state index contributed by atoms with van der Waals surface area (Å²) < 4.78 is 0. The lowest BCUT2D eigenvalue weighted by Gasteiger charge is -1.80. The summed E-state index contributed by atoms with van der Waals surface area (Å²) in [6, 6.07) is 0. The standard InChI is InChI=1S/C6H7NS/c1-3-6-5(2)8-4-7-6/h3-4H,1H2,2H3. The highest BCUT2D eigenvalue weighted by Crippen LogP contribution is 2.10. The van der Waals surface area contributed by atoms with Gasteiger partial charge in [0, 0.05) is 4.88 Å². The van der Waals surface area contributed by atoms with Gasteiger partial charge in [0.1, 0.15) is 0 Å². The van der Waals surface area contributed by atoms with Crippen molar-refractivity contribution >= 4 is 17.4 Å². The van der Waals surface area contributed by atoms with Crippen molar-refractivity contribution in [3.8, 4) is 0 Å². The SMILES string of the molecule is C=Cc1ncsc1C. The molecule has 0 saturated carbocycles. The molecule has 8 heavy (non-hydrogen) atoms. The number of rotatable bonds is 1. The molecule has 42 valence electrons. The first kappa shape index (κ1) is 5.51. The second-order valence-corrected chi connectivity index (χ2v) is 2.56. The molecule has 1 aromatic heterocycles. The van der Waals surface area contributed by atoms with E-state index in [4.69, 9.17) is 0 Å². The van der Waals surface area contributed by atoms with Crippen LogP contribution in [0.2, 0.25) is 0 Å². The quantitative estimate of drug-likeness (QED) is 0.560. The molecule has 0 aliphatic carbocycles. The Hall–Kier alpha value is -0.630. The maximum absolute atomic E-state index is 4.03. The molecule has 0 aliphatic rings. The number of hydrogen-bond donors (Lipinski definition) is 0. The molecule has 0 amide bonds.